The van der Waals surface area contributed by atoms with Gasteiger partial charge in [0, 0.05) is 24.2 Å². The Morgan fingerprint density at radius 1 is 0.513 bits per heavy atom. The quantitative estimate of drug-likeness (QED) is 0.204. The molecule has 0 aliphatic heterocycles. The van der Waals surface area contributed by atoms with Crippen molar-refractivity contribution in [2.75, 3.05) is 23.7 Å². The second kappa shape index (κ2) is 14.5. The van der Waals surface area contributed by atoms with Gasteiger partial charge in [-0.2, -0.15) is 0 Å². The van der Waals surface area contributed by atoms with Crippen LogP contribution in [0.25, 0.3) is 22.5 Å². The smallest absolute Gasteiger partial charge is 0.126 e. The van der Waals surface area contributed by atoms with Gasteiger partial charge in [-0.3, -0.25) is 0 Å². The first-order valence-electron chi connectivity index (χ1n) is 14.4. The van der Waals surface area contributed by atoms with Gasteiger partial charge in [0.15, 0.2) is 0 Å². The Labute approximate surface area is 236 Å². The first-order valence-corrected chi connectivity index (χ1v) is 14.4. The summed E-state index contributed by atoms with van der Waals surface area (Å²) < 4.78 is 0. The molecule has 0 unspecified atom stereocenters. The summed E-state index contributed by atoms with van der Waals surface area (Å²) in [6.07, 6.45) is 3.35. The Morgan fingerprint density at radius 3 is 1.23 bits per heavy atom. The number of hydrogen-bond acceptors (Lipinski definition) is 4. The van der Waals surface area contributed by atoms with Crippen molar-refractivity contribution in [1.82, 2.24) is 9.97 Å². The average Bonchev–Trinajstić information content (AvgIpc) is 2.89. The third-order valence-corrected chi connectivity index (χ3v) is 6.83. The van der Waals surface area contributed by atoms with Crippen LogP contribution >= 0.6 is 0 Å². The summed E-state index contributed by atoms with van der Waals surface area (Å²) >= 11 is 0. The number of nitrogens with zero attached hydrogens (tertiary/aromatic N) is 2. The van der Waals surface area contributed by atoms with Crippen LogP contribution in [0.3, 0.4) is 0 Å². The van der Waals surface area contributed by atoms with E-state index in [0.717, 1.165) is 55.4 Å². The molecule has 4 aromatic rings. The van der Waals surface area contributed by atoms with Gasteiger partial charge in [0.25, 0.3) is 0 Å². The Bertz CT molecular complexity index is 1220. The zero-order chi connectivity index (χ0) is 28.4. The number of unbranched alkanes of at least 4 members (excludes halogenated alkanes) is 2. The molecule has 2 heterocycles. The Balaban J connectivity index is 0.00000205. The molecule has 39 heavy (non-hydrogen) atoms. The molecule has 0 atom stereocenters. The molecule has 2 aromatic carbocycles. The number of aromatic nitrogens is 2. The van der Waals surface area contributed by atoms with Gasteiger partial charge in [-0.15, -0.1) is 0 Å². The van der Waals surface area contributed by atoms with Gasteiger partial charge >= 0.3 is 0 Å². The number of rotatable bonds is 10. The second-order valence-corrected chi connectivity index (χ2v) is 10.3. The summed E-state index contributed by atoms with van der Waals surface area (Å²) in [5, 5.41) is 7.02. The molecular weight excluding hydrogens is 476 g/mol. The minimum atomic E-state index is 0.919. The third kappa shape index (κ3) is 8.16. The molecule has 0 radical (unpaired) electrons. The topological polar surface area (TPSA) is 49.8 Å². The van der Waals surface area contributed by atoms with Crippen LogP contribution in [-0.4, -0.2) is 23.1 Å². The monoisotopic (exact) mass is 522 g/mol. The molecule has 4 rings (SSSR count). The summed E-state index contributed by atoms with van der Waals surface area (Å²) in [7, 11) is 0. The third-order valence-electron chi connectivity index (χ3n) is 6.83. The normalized spacial score (nSPS) is 10.6. The van der Waals surface area contributed by atoms with Gasteiger partial charge in [-0.05, 0) is 107 Å². The Morgan fingerprint density at radius 2 is 0.872 bits per heavy atom. The fourth-order valence-corrected chi connectivity index (χ4v) is 5.37. The van der Waals surface area contributed by atoms with Gasteiger partial charge in [0.2, 0.25) is 0 Å². The van der Waals surface area contributed by atoms with Crippen LogP contribution in [0.1, 0.15) is 66.5 Å². The van der Waals surface area contributed by atoms with E-state index >= 15 is 0 Å². The van der Waals surface area contributed by atoms with Crippen molar-refractivity contribution in [3.8, 4) is 22.5 Å². The molecule has 0 aliphatic rings. The van der Waals surface area contributed by atoms with E-state index < -0.39 is 0 Å². The van der Waals surface area contributed by atoms with E-state index in [-0.39, 0.29) is 0 Å². The van der Waals surface area contributed by atoms with Gasteiger partial charge in [0.1, 0.15) is 11.6 Å². The molecule has 0 fully saturated rings. The number of nitrogens with one attached hydrogen (secondary N) is 2. The van der Waals surface area contributed by atoms with Crippen LogP contribution in [0.2, 0.25) is 0 Å². The highest BCUT2D eigenvalue weighted by molar-refractivity contribution is 5.70. The highest BCUT2D eigenvalue weighted by atomic mass is 15.0. The molecule has 0 amide bonds. The van der Waals surface area contributed by atoms with Crippen LogP contribution in [0.4, 0.5) is 11.6 Å². The van der Waals surface area contributed by atoms with Crippen LogP contribution in [0.5, 0.6) is 0 Å². The lowest BCUT2D eigenvalue weighted by Crippen LogP contribution is -2.07. The zero-order valence-corrected chi connectivity index (χ0v) is 25.2. The molecule has 4 nitrogen and oxygen atoms in total. The largest absolute Gasteiger partial charge is 0.370 e. The second-order valence-electron chi connectivity index (χ2n) is 10.3. The zero-order valence-electron chi connectivity index (χ0n) is 25.2. The summed E-state index contributed by atoms with van der Waals surface area (Å²) in [5.41, 5.74) is 12.3. The average molecular weight is 523 g/mol. The Hall–Kier alpha value is -3.66. The summed E-state index contributed by atoms with van der Waals surface area (Å²) in [6.45, 7) is 18.8. The van der Waals surface area contributed by atoms with Crippen molar-refractivity contribution in [3.63, 3.8) is 0 Å². The maximum Gasteiger partial charge on any atom is 0.126 e. The maximum absolute atomic E-state index is 4.89. The van der Waals surface area contributed by atoms with E-state index in [1.54, 1.807) is 0 Å². The molecular formula is C35H46N4. The highest BCUT2D eigenvalue weighted by Gasteiger charge is 2.10. The molecule has 0 bridgehead atoms. The van der Waals surface area contributed by atoms with Crippen LogP contribution in [0, 0.1) is 41.5 Å². The predicted molar refractivity (Wildman–Crippen MR) is 170 cm³/mol. The summed E-state index contributed by atoms with van der Waals surface area (Å²) in [6, 6.07) is 21.4. The molecule has 0 saturated carbocycles. The standard InChI is InChI=1S/C33H40N4.C2H6/c1-22-18-24(3)32(25(4)19-22)28-12-10-14-30(36-28)34-16-8-7-9-17-35-31-15-11-13-29(37-31)33-26(5)20-23(2)21-27(33)6;1-2/h10-15,18-21H,7-9,16-17H2,1-6H3,(H,34,36)(H,35,37);1-2H3. The predicted octanol–water partition coefficient (Wildman–Crippen LogP) is 9.38. The van der Waals surface area contributed by atoms with Gasteiger partial charge < -0.3 is 10.6 Å². The molecule has 0 aliphatic carbocycles. The van der Waals surface area contributed by atoms with Crippen LogP contribution < -0.4 is 10.6 Å². The Kier molecular flexibility index (Phi) is 11.1. The van der Waals surface area contributed by atoms with Crippen molar-refractivity contribution in [3.05, 3.63) is 94.0 Å². The van der Waals surface area contributed by atoms with E-state index in [2.05, 4.69) is 113 Å². The van der Waals surface area contributed by atoms with Gasteiger partial charge in [0.05, 0.1) is 11.4 Å². The van der Waals surface area contributed by atoms with Gasteiger partial charge in [-0.25, -0.2) is 9.97 Å². The molecule has 206 valence electrons. The van der Waals surface area contributed by atoms with E-state index in [1.807, 2.05) is 13.8 Å². The van der Waals surface area contributed by atoms with E-state index in [9.17, 15) is 0 Å². The lowest BCUT2D eigenvalue weighted by molar-refractivity contribution is 0.719. The molecule has 2 aromatic heterocycles. The van der Waals surface area contributed by atoms with Crippen LogP contribution in [0.15, 0.2) is 60.7 Å². The van der Waals surface area contributed by atoms with Crippen molar-refractivity contribution >= 4 is 11.6 Å². The lowest BCUT2D eigenvalue weighted by Gasteiger charge is -2.13. The SMILES string of the molecule is CC.Cc1cc(C)c(-c2cccc(NCCCCCNc3cccc(-c4c(C)cc(C)cc4C)n3)n2)c(C)c1. The minimum absolute atomic E-state index is 0.919. The highest BCUT2D eigenvalue weighted by Crippen LogP contribution is 2.29. The van der Waals surface area contributed by atoms with E-state index in [4.69, 9.17) is 9.97 Å². The maximum atomic E-state index is 4.89. The van der Waals surface area contributed by atoms with Crippen molar-refractivity contribution < 1.29 is 0 Å². The van der Waals surface area contributed by atoms with Crippen molar-refractivity contribution in [2.45, 2.75) is 74.7 Å². The molecule has 4 heteroatoms. The number of benzene rings is 2. The first kappa shape index (κ1) is 29.9. The number of pyridine rings is 2. The number of anilines is 2. The van der Waals surface area contributed by atoms with Crippen molar-refractivity contribution in [2.24, 2.45) is 0 Å². The first-order chi connectivity index (χ1) is 18.8. The summed E-state index contributed by atoms with van der Waals surface area (Å²) in [4.78, 5) is 9.77. The van der Waals surface area contributed by atoms with Crippen molar-refractivity contribution in [1.29, 1.82) is 0 Å². The van der Waals surface area contributed by atoms with Gasteiger partial charge in [-0.1, -0.05) is 61.4 Å². The molecule has 0 spiro atoms. The molecule has 2 N–H and O–H groups in total. The van der Waals surface area contributed by atoms with E-state index in [0.29, 0.717) is 0 Å². The number of hydrogen-bond donors (Lipinski definition) is 2. The minimum Gasteiger partial charge on any atom is -0.370 e. The fourth-order valence-electron chi connectivity index (χ4n) is 5.37. The lowest BCUT2D eigenvalue weighted by atomic mass is 9.97. The number of aryl methyl sites for hydroxylation is 6. The van der Waals surface area contributed by atoms with Crippen LogP contribution in [-0.2, 0) is 0 Å². The fraction of sp³-hybridized carbons (Fsp3) is 0.371. The van der Waals surface area contributed by atoms with E-state index in [1.165, 1.54) is 44.5 Å². The molecule has 0 saturated heterocycles. The summed E-state index contributed by atoms with van der Waals surface area (Å²) in [5.74, 6) is 1.88.